The number of rotatable bonds is 6. The summed E-state index contributed by atoms with van der Waals surface area (Å²) in [6, 6.07) is 8.05. The second kappa shape index (κ2) is 9.38. The molecule has 1 fully saturated rings. The molecule has 1 aromatic carbocycles. The van der Waals surface area contributed by atoms with Crippen LogP contribution in [-0.2, 0) is 22.4 Å². The molecule has 0 saturated carbocycles. The maximum Gasteiger partial charge on any atom is 0.227 e. The Hall–Kier alpha value is -3.42. The summed E-state index contributed by atoms with van der Waals surface area (Å²) < 4.78 is 11.0. The fourth-order valence-electron chi connectivity index (χ4n) is 3.87. The van der Waals surface area contributed by atoms with Gasteiger partial charge >= 0.3 is 0 Å². The Kier molecular flexibility index (Phi) is 6.39. The smallest absolute Gasteiger partial charge is 0.227 e. The first kappa shape index (κ1) is 21.8. The lowest BCUT2D eigenvalue weighted by atomic mass is 10.1. The molecule has 0 radical (unpaired) electrons. The lowest BCUT2D eigenvalue weighted by molar-refractivity contribution is -0.139. The SMILES string of the molecule is Cc1ccc(-c2cnc(CCC(=O)N3CCN(C(=O)Cc4c(C)noc4C)CC3)o2)cc1. The zero-order valence-corrected chi connectivity index (χ0v) is 18.8. The molecule has 0 bridgehead atoms. The Morgan fingerprint density at radius 3 is 2.25 bits per heavy atom. The molecule has 8 nitrogen and oxygen atoms in total. The fraction of sp³-hybridized carbons (Fsp3) is 0.417. The van der Waals surface area contributed by atoms with Gasteiger partial charge in [-0.05, 0) is 20.8 Å². The first-order valence-corrected chi connectivity index (χ1v) is 10.9. The van der Waals surface area contributed by atoms with E-state index in [1.165, 1.54) is 5.56 Å². The number of hydrogen-bond acceptors (Lipinski definition) is 6. The first-order valence-electron chi connectivity index (χ1n) is 10.9. The van der Waals surface area contributed by atoms with E-state index in [4.69, 9.17) is 8.94 Å². The normalized spacial score (nSPS) is 14.1. The van der Waals surface area contributed by atoms with Gasteiger partial charge in [-0.15, -0.1) is 0 Å². The van der Waals surface area contributed by atoms with E-state index in [1.54, 1.807) is 11.1 Å². The Balaban J connectivity index is 1.24. The number of hydrogen-bond donors (Lipinski definition) is 0. The zero-order valence-electron chi connectivity index (χ0n) is 18.8. The van der Waals surface area contributed by atoms with Gasteiger partial charge in [-0.2, -0.15) is 0 Å². The predicted molar refractivity (Wildman–Crippen MR) is 118 cm³/mol. The van der Waals surface area contributed by atoms with Gasteiger partial charge in [0.15, 0.2) is 11.7 Å². The summed E-state index contributed by atoms with van der Waals surface area (Å²) in [5.74, 6) is 2.04. The minimum absolute atomic E-state index is 0.0370. The highest BCUT2D eigenvalue weighted by Crippen LogP contribution is 2.21. The van der Waals surface area contributed by atoms with Crippen LogP contribution in [0, 0.1) is 20.8 Å². The Bertz CT molecular complexity index is 1070. The molecule has 0 spiro atoms. The van der Waals surface area contributed by atoms with E-state index in [2.05, 4.69) is 10.1 Å². The van der Waals surface area contributed by atoms with Gasteiger partial charge in [0.2, 0.25) is 11.8 Å². The largest absolute Gasteiger partial charge is 0.441 e. The summed E-state index contributed by atoms with van der Waals surface area (Å²) in [4.78, 5) is 33.2. The van der Waals surface area contributed by atoms with Crippen LogP contribution in [0.1, 0.15) is 34.9 Å². The van der Waals surface area contributed by atoms with Crippen molar-refractivity contribution in [3.8, 4) is 11.3 Å². The van der Waals surface area contributed by atoms with Gasteiger partial charge in [0, 0.05) is 50.1 Å². The van der Waals surface area contributed by atoms with Crippen molar-refractivity contribution in [1.29, 1.82) is 0 Å². The van der Waals surface area contributed by atoms with Crippen LogP contribution >= 0.6 is 0 Å². The van der Waals surface area contributed by atoms with Crippen molar-refractivity contribution >= 4 is 11.8 Å². The van der Waals surface area contributed by atoms with E-state index in [1.807, 2.05) is 49.9 Å². The van der Waals surface area contributed by atoms with Gasteiger partial charge < -0.3 is 18.7 Å². The van der Waals surface area contributed by atoms with Gasteiger partial charge in [-0.3, -0.25) is 9.59 Å². The number of carbonyl (C=O) groups is 2. The lowest BCUT2D eigenvalue weighted by Crippen LogP contribution is -2.51. The van der Waals surface area contributed by atoms with Crippen molar-refractivity contribution < 1.29 is 18.5 Å². The number of aryl methyl sites for hydroxylation is 4. The van der Waals surface area contributed by atoms with Gasteiger partial charge in [0.1, 0.15) is 5.76 Å². The quantitative estimate of drug-likeness (QED) is 0.590. The minimum Gasteiger partial charge on any atom is -0.441 e. The summed E-state index contributed by atoms with van der Waals surface area (Å²) in [5, 5.41) is 3.91. The van der Waals surface area contributed by atoms with Crippen molar-refractivity contribution in [2.45, 2.75) is 40.0 Å². The second-order valence-corrected chi connectivity index (χ2v) is 8.23. The zero-order chi connectivity index (χ0) is 22.7. The van der Waals surface area contributed by atoms with Gasteiger partial charge in [-0.1, -0.05) is 35.0 Å². The molecule has 168 valence electrons. The highest BCUT2D eigenvalue weighted by molar-refractivity contribution is 5.80. The molecular formula is C24H28N4O4. The van der Waals surface area contributed by atoms with Crippen LogP contribution in [0.15, 0.2) is 39.4 Å². The van der Waals surface area contributed by atoms with Crippen LogP contribution < -0.4 is 0 Å². The molecule has 2 aromatic heterocycles. The number of carbonyl (C=O) groups excluding carboxylic acids is 2. The molecule has 1 aliphatic heterocycles. The molecule has 0 atom stereocenters. The second-order valence-electron chi connectivity index (χ2n) is 8.23. The van der Waals surface area contributed by atoms with E-state index < -0.39 is 0 Å². The fourth-order valence-corrected chi connectivity index (χ4v) is 3.87. The Morgan fingerprint density at radius 1 is 0.969 bits per heavy atom. The summed E-state index contributed by atoms with van der Waals surface area (Å²) in [6.45, 7) is 7.83. The average Bonchev–Trinajstić information content (AvgIpc) is 3.40. The van der Waals surface area contributed by atoms with Crippen LogP contribution in [0.4, 0.5) is 0 Å². The average molecular weight is 437 g/mol. The molecule has 3 heterocycles. The van der Waals surface area contributed by atoms with Crippen LogP contribution in [0.25, 0.3) is 11.3 Å². The predicted octanol–water partition coefficient (Wildman–Crippen LogP) is 3.10. The molecule has 3 aromatic rings. The number of benzene rings is 1. The van der Waals surface area contributed by atoms with Crippen LogP contribution in [0.2, 0.25) is 0 Å². The maximum atomic E-state index is 12.6. The summed E-state index contributed by atoms with van der Waals surface area (Å²) in [5.41, 5.74) is 3.76. The molecule has 1 saturated heterocycles. The molecule has 1 aliphatic rings. The van der Waals surface area contributed by atoms with Crippen LogP contribution in [-0.4, -0.2) is 57.9 Å². The molecular weight excluding hydrogens is 408 g/mol. The van der Waals surface area contributed by atoms with E-state index in [9.17, 15) is 9.59 Å². The lowest BCUT2D eigenvalue weighted by Gasteiger charge is -2.34. The van der Waals surface area contributed by atoms with Crippen LogP contribution in [0.5, 0.6) is 0 Å². The molecule has 0 unspecified atom stereocenters. The molecule has 0 aliphatic carbocycles. The monoisotopic (exact) mass is 436 g/mol. The minimum atomic E-state index is 0.0370. The topological polar surface area (TPSA) is 92.7 Å². The Morgan fingerprint density at radius 2 is 1.62 bits per heavy atom. The third-order valence-corrected chi connectivity index (χ3v) is 5.94. The van der Waals surface area contributed by atoms with Crippen molar-refractivity contribution in [3.05, 3.63) is 58.9 Å². The number of piperazine rings is 1. The molecule has 32 heavy (non-hydrogen) atoms. The molecule has 8 heteroatoms. The summed E-state index contributed by atoms with van der Waals surface area (Å²) >= 11 is 0. The van der Waals surface area contributed by atoms with E-state index >= 15 is 0 Å². The number of amides is 2. The maximum absolute atomic E-state index is 12.6. The molecule has 0 N–H and O–H groups in total. The standard InChI is InChI=1S/C24H28N4O4/c1-16-4-6-19(7-5-16)21-15-25-22(31-21)8-9-23(29)27-10-12-28(13-11-27)24(30)14-20-17(2)26-32-18(20)3/h4-7,15H,8-14H2,1-3H3. The molecule has 2 amide bonds. The first-order chi connectivity index (χ1) is 15.4. The third kappa shape index (κ3) is 4.90. The van der Waals surface area contributed by atoms with Gasteiger partial charge in [-0.25, -0.2) is 4.98 Å². The number of nitrogens with zero attached hydrogens (tertiary/aromatic N) is 4. The van der Waals surface area contributed by atoms with Gasteiger partial charge in [0.25, 0.3) is 0 Å². The van der Waals surface area contributed by atoms with Crippen molar-refractivity contribution in [2.75, 3.05) is 26.2 Å². The van der Waals surface area contributed by atoms with E-state index in [0.717, 1.165) is 16.8 Å². The van der Waals surface area contributed by atoms with Gasteiger partial charge in [0.05, 0.1) is 18.3 Å². The van der Waals surface area contributed by atoms with Crippen LogP contribution in [0.3, 0.4) is 0 Å². The molecule has 4 rings (SSSR count). The van der Waals surface area contributed by atoms with E-state index in [0.29, 0.717) is 56.4 Å². The summed E-state index contributed by atoms with van der Waals surface area (Å²) in [7, 11) is 0. The van der Waals surface area contributed by atoms with Crippen molar-refractivity contribution in [2.24, 2.45) is 0 Å². The highest BCUT2D eigenvalue weighted by Gasteiger charge is 2.25. The van der Waals surface area contributed by atoms with Crippen molar-refractivity contribution in [3.63, 3.8) is 0 Å². The number of oxazole rings is 1. The van der Waals surface area contributed by atoms with E-state index in [-0.39, 0.29) is 18.2 Å². The number of aromatic nitrogens is 2. The van der Waals surface area contributed by atoms with Crippen molar-refractivity contribution in [1.82, 2.24) is 19.9 Å². The summed E-state index contributed by atoms with van der Waals surface area (Å²) in [6.07, 6.45) is 2.77. The Labute approximate surface area is 187 Å². The third-order valence-electron chi connectivity index (χ3n) is 5.94. The highest BCUT2D eigenvalue weighted by atomic mass is 16.5.